The Morgan fingerprint density at radius 2 is 1.66 bits per heavy atom. The molecule has 0 aliphatic heterocycles. The number of fused-ring (bicyclic) bond motifs is 3. The van der Waals surface area contributed by atoms with Crippen LogP contribution in [0, 0.1) is 11.2 Å². The minimum absolute atomic E-state index is 0.0886. The van der Waals surface area contributed by atoms with Gasteiger partial charge in [-0.05, 0) is 84.1 Å². The molecular formula is C26H36FNO4. The molecule has 1 aromatic carbocycles. The van der Waals surface area contributed by atoms with Crippen molar-refractivity contribution in [3.05, 3.63) is 35.3 Å². The monoisotopic (exact) mass is 445 g/mol. The highest BCUT2D eigenvalue weighted by Crippen LogP contribution is 2.50. The Bertz CT molecular complexity index is 1010. The second-order valence-electron chi connectivity index (χ2n) is 11.0. The van der Waals surface area contributed by atoms with E-state index in [1.165, 1.54) is 6.07 Å². The van der Waals surface area contributed by atoms with Gasteiger partial charge in [-0.1, -0.05) is 13.3 Å². The number of halogens is 1. The highest BCUT2D eigenvalue weighted by molar-refractivity contribution is 6.02. The van der Waals surface area contributed by atoms with E-state index in [2.05, 4.69) is 6.92 Å². The van der Waals surface area contributed by atoms with Crippen LogP contribution in [-0.4, -0.2) is 27.7 Å². The molecular weight excluding hydrogens is 409 g/mol. The zero-order chi connectivity index (χ0) is 24.1. The molecule has 0 spiro atoms. The van der Waals surface area contributed by atoms with E-state index >= 15 is 0 Å². The standard InChI is InChI=1S/C26H36FNO4/c1-9-10-16-14-26(22(29)31-24(2,3)4,23(30)32-25(5,6)7)15-20-21(16)18-13-17(27)11-12-19(18)28(20)8/h11-13,16H,9-10,14-15H2,1-8H3/t16-/m1/s1. The number of hydrogen-bond donors (Lipinski definition) is 0. The molecule has 0 radical (unpaired) electrons. The number of aryl methyl sites for hydroxylation is 1. The van der Waals surface area contributed by atoms with Gasteiger partial charge in [0.15, 0.2) is 5.41 Å². The van der Waals surface area contributed by atoms with Gasteiger partial charge in [-0.15, -0.1) is 0 Å². The summed E-state index contributed by atoms with van der Waals surface area (Å²) in [5.41, 5.74) is -0.141. The summed E-state index contributed by atoms with van der Waals surface area (Å²) in [5, 5.41) is 0.850. The van der Waals surface area contributed by atoms with E-state index in [1.54, 1.807) is 53.7 Å². The smallest absolute Gasteiger partial charge is 0.324 e. The van der Waals surface area contributed by atoms with E-state index in [4.69, 9.17) is 9.47 Å². The molecule has 1 heterocycles. The number of benzene rings is 1. The number of nitrogens with zero attached hydrogens (tertiary/aromatic N) is 1. The number of carbonyl (C=O) groups is 2. The van der Waals surface area contributed by atoms with Gasteiger partial charge in [0.05, 0.1) is 0 Å². The van der Waals surface area contributed by atoms with Crippen molar-refractivity contribution in [2.45, 2.75) is 91.3 Å². The van der Waals surface area contributed by atoms with E-state index in [1.807, 2.05) is 11.6 Å². The molecule has 1 aliphatic rings. The largest absolute Gasteiger partial charge is 0.459 e. The molecule has 32 heavy (non-hydrogen) atoms. The van der Waals surface area contributed by atoms with Gasteiger partial charge >= 0.3 is 11.9 Å². The minimum Gasteiger partial charge on any atom is -0.459 e. The quantitative estimate of drug-likeness (QED) is 0.440. The van der Waals surface area contributed by atoms with Crippen LogP contribution < -0.4 is 0 Å². The molecule has 1 aliphatic carbocycles. The van der Waals surface area contributed by atoms with E-state index in [0.717, 1.165) is 35.0 Å². The number of ether oxygens (including phenoxy) is 2. The summed E-state index contributed by atoms with van der Waals surface area (Å²) >= 11 is 0. The predicted octanol–water partition coefficient (Wildman–Crippen LogP) is 5.82. The summed E-state index contributed by atoms with van der Waals surface area (Å²) in [6.07, 6.45) is 2.09. The normalized spacial score (nSPS) is 18.3. The van der Waals surface area contributed by atoms with Crippen LogP contribution in [0.4, 0.5) is 4.39 Å². The first kappa shape index (κ1) is 24.3. The first-order valence-electron chi connectivity index (χ1n) is 11.4. The molecule has 0 N–H and O–H groups in total. The van der Waals surface area contributed by atoms with Crippen molar-refractivity contribution >= 4 is 22.8 Å². The predicted molar refractivity (Wildman–Crippen MR) is 123 cm³/mol. The third-order valence-electron chi connectivity index (χ3n) is 6.01. The molecule has 0 saturated carbocycles. The molecule has 6 heteroatoms. The maximum Gasteiger partial charge on any atom is 0.324 e. The van der Waals surface area contributed by atoms with Crippen LogP contribution in [-0.2, 0) is 32.5 Å². The van der Waals surface area contributed by atoms with E-state index in [0.29, 0.717) is 0 Å². The topological polar surface area (TPSA) is 57.5 Å². The fourth-order valence-electron chi connectivity index (χ4n) is 4.79. The Hall–Kier alpha value is -2.37. The Balaban J connectivity index is 2.23. The van der Waals surface area contributed by atoms with Gasteiger partial charge in [0.1, 0.15) is 17.0 Å². The number of esters is 2. The van der Waals surface area contributed by atoms with Gasteiger partial charge in [-0.25, -0.2) is 4.39 Å². The maximum absolute atomic E-state index is 14.2. The van der Waals surface area contributed by atoms with Crippen LogP contribution in [0.1, 0.15) is 84.9 Å². The fourth-order valence-corrected chi connectivity index (χ4v) is 4.79. The summed E-state index contributed by atoms with van der Waals surface area (Å²) in [7, 11) is 1.91. The molecule has 0 amide bonds. The summed E-state index contributed by atoms with van der Waals surface area (Å²) in [6, 6.07) is 4.76. The van der Waals surface area contributed by atoms with Crippen LogP contribution in [0.3, 0.4) is 0 Å². The fraction of sp³-hybridized carbons (Fsp3) is 0.615. The third kappa shape index (κ3) is 4.55. The molecule has 1 aromatic heterocycles. The first-order chi connectivity index (χ1) is 14.7. The van der Waals surface area contributed by atoms with Gasteiger partial charge in [-0.2, -0.15) is 0 Å². The van der Waals surface area contributed by atoms with Gasteiger partial charge in [0.25, 0.3) is 0 Å². The summed E-state index contributed by atoms with van der Waals surface area (Å²) < 4.78 is 27.7. The molecule has 3 rings (SSSR count). The highest BCUT2D eigenvalue weighted by atomic mass is 19.1. The lowest BCUT2D eigenvalue weighted by molar-refractivity contribution is -0.187. The molecule has 0 fully saturated rings. The lowest BCUT2D eigenvalue weighted by Crippen LogP contribution is -2.50. The van der Waals surface area contributed by atoms with Crippen LogP contribution in [0.5, 0.6) is 0 Å². The van der Waals surface area contributed by atoms with Crippen LogP contribution >= 0.6 is 0 Å². The molecule has 0 unspecified atom stereocenters. The van der Waals surface area contributed by atoms with Gasteiger partial charge in [0.2, 0.25) is 0 Å². The number of rotatable bonds is 4. The van der Waals surface area contributed by atoms with Crippen LogP contribution in [0.25, 0.3) is 10.9 Å². The van der Waals surface area contributed by atoms with Gasteiger partial charge < -0.3 is 14.0 Å². The lowest BCUT2D eigenvalue weighted by Gasteiger charge is -2.40. The molecule has 176 valence electrons. The van der Waals surface area contributed by atoms with Crippen molar-refractivity contribution in [1.29, 1.82) is 0 Å². The van der Waals surface area contributed by atoms with E-state index in [9.17, 15) is 14.0 Å². The van der Waals surface area contributed by atoms with Crippen LogP contribution in [0.15, 0.2) is 18.2 Å². The van der Waals surface area contributed by atoms with Crippen molar-refractivity contribution in [3.8, 4) is 0 Å². The maximum atomic E-state index is 14.2. The van der Waals surface area contributed by atoms with Crippen molar-refractivity contribution in [1.82, 2.24) is 4.57 Å². The Labute approximate surface area is 190 Å². The lowest BCUT2D eigenvalue weighted by atomic mass is 9.67. The summed E-state index contributed by atoms with van der Waals surface area (Å²) in [5.74, 6) is -1.49. The summed E-state index contributed by atoms with van der Waals surface area (Å²) in [4.78, 5) is 27.2. The zero-order valence-electron chi connectivity index (χ0n) is 20.6. The summed E-state index contributed by atoms with van der Waals surface area (Å²) in [6.45, 7) is 12.9. The molecule has 0 bridgehead atoms. The van der Waals surface area contributed by atoms with Gasteiger partial charge in [-0.3, -0.25) is 9.59 Å². The van der Waals surface area contributed by atoms with Gasteiger partial charge in [0, 0.05) is 30.1 Å². The average molecular weight is 446 g/mol. The number of carbonyl (C=O) groups excluding carboxylic acids is 2. The molecule has 2 aromatic rings. The Morgan fingerprint density at radius 3 is 2.16 bits per heavy atom. The molecule has 5 nitrogen and oxygen atoms in total. The van der Waals surface area contributed by atoms with Crippen LogP contribution in [0.2, 0.25) is 0 Å². The first-order valence-corrected chi connectivity index (χ1v) is 11.4. The van der Waals surface area contributed by atoms with Crippen molar-refractivity contribution in [3.63, 3.8) is 0 Å². The second-order valence-corrected chi connectivity index (χ2v) is 11.0. The number of hydrogen-bond acceptors (Lipinski definition) is 4. The van der Waals surface area contributed by atoms with Crippen molar-refractivity contribution in [2.75, 3.05) is 0 Å². The minimum atomic E-state index is -1.45. The second kappa shape index (κ2) is 8.20. The van der Waals surface area contributed by atoms with Crippen molar-refractivity contribution < 1.29 is 23.5 Å². The molecule has 1 atom stereocenters. The number of aromatic nitrogens is 1. The molecule has 0 saturated heterocycles. The van der Waals surface area contributed by atoms with E-state index in [-0.39, 0.29) is 24.6 Å². The average Bonchev–Trinajstić information content (AvgIpc) is 2.90. The SMILES string of the molecule is CCC[C@@H]1CC(C(=O)OC(C)(C)C)(C(=O)OC(C)(C)C)Cc2c1c1cc(F)ccc1n2C. The highest BCUT2D eigenvalue weighted by Gasteiger charge is 2.55. The third-order valence-corrected chi connectivity index (χ3v) is 6.01. The Kier molecular flexibility index (Phi) is 6.22. The zero-order valence-corrected chi connectivity index (χ0v) is 20.6. The van der Waals surface area contributed by atoms with E-state index < -0.39 is 28.6 Å². The Morgan fingerprint density at radius 1 is 1.09 bits per heavy atom. The van der Waals surface area contributed by atoms with Crippen molar-refractivity contribution in [2.24, 2.45) is 12.5 Å².